The van der Waals surface area contributed by atoms with E-state index in [2.05, 4.69) is 10.6 Å². The fourth-order valence-corrected chi connectivity index (χ4v) is 2.99. The maximum Gasteiger partial charge on any atom is 0.248 e. The van der Waals surface area contributed by atoms with Crippen molar-refractivity contribution < 1.29 is 29.3 Å². The Balaban J connectivity index is 1.59. The lowest BCUT2D eigenvalue weighted by molar-refractivity contribution is -0.112. The number of benzene rings is 3. The van der Waals surface area contributed by atoms with E-state index in [4.69, 9.17) is 9.47 Å². The molecule has 3 aromatic carbocycles. The topological polar surface area (TPSA) is 117 Å². The van der Waals surface area contributed by atoms with Gasteiger partial charge in [0.05, 0.1) is 14.2 Å². The number of methoxy groups -OCH3 is 2. The molecule has 0 aliphatic carbocycles. The summed E-state index contributed by atoms with van der Waals surface area (Å²) in [6.07, 6.45) is 5.83. The van der Waals surface area contributed by atoms with E-state index in [0.717, 1.165) is 0 Å². The molecule has 0 spiro atoms. The first-order valence-corrected chi connectivity index (χ1v) is 10.2. The van der Waals surface area contributed by atoms with Gasteiger partial charge < -0.3 is 30.3 Å². The average molecular weight is 460 g/mol. The predicted octanol–water partition coefficient (Wildman–Crippen LogP) is 4.42. The third-order valence-electron chi connectivity index (χ3n) is 4.66. The summed E-state index contributed by atoms with van der Waals surface area (Å²) in [5.74, 6) is -0.0938. The minimum absolute atomic E-state index is 0.0138. The molecule has 0 radical (unpaired) electrons. The molecule has 2 amide bonds. The highest BCUT2D eigenvalue weighted by Crippen LogP contribution is 2.27. The standard InChI is InChI=1S/C26H24N2O6/c1-33-23-11-7-17(14-22(23)30)8-12-25(31)27-19-4-3-5-20(16-19)28-26(32)13-9-18-6-10-21(29)24(15-18)34-2/h3-16,29-30H,1-2H3,(H,27,31)(H,28,32)/b12-8+,13-9?. The Hall–Kier alpha value is -4.72. The number of phenols is 2. The molecular formula is C26H24N2O6. The van der Waals surface area contributed by atoms with Crippen LogP contribution in [0.2, 0.25) is 0 Å². The summed E-state index contributed by atoms with van der Waals surface area (Å²) in [6.45, 7) is 0. The van der Waals surface area contributed by atoms with E-state index in [9.17, 15) is 19.8 Å². The van der Waals surface area contributed by atoms with Crippen LogP contribution in [0.1, 0.15) is 11.1 Å². The molecule has 8 nitrogen and oxygen atoms in total. The molecule has 34 heavy (non-hydrogen) atoms. The number of ether oxygens (including phenoxy) is 2. The van der Waals surface area contributed by atoms with Crippen LogP contribution in [-0.4, -0.2) is 36.2 Å². The molecule has 0 saturated carbocycles. The third kappa shape index (κ3) is 6.64. The number of nitrogens with one attached hydrogen (secondary N) is 2. The quantitative estimate of drug-likeness (QED) is 0.370. The highest BCUT2D eigenvalue weighted by atomic mass is 16.5. The SMILES string of the molecule is COc1ccc(/C=C/C(=O)Nc2cccc(NC(=O)C=Cc3ccc(O)c(OC)c3)c2)cc1O. The van der Waals surface area contributed by atoms with Crippen LogP contribution in [0.5, 0.6) is 23.0 Å². The average Bonchev–Trinajstić information content (AvgIpc) is 2.82. The van der Waals surface area contributed by atoms with Crippen molar-refractivity contribution >= 4 is 35.3 Å². The zero-order valence-corrected chi connectivity index (χ0v) is 18.6. The van der Waals surface area contributed by atoms with Crippen molar-refractivity contribution in [3.05, 3.63) is 83.9 Å². The smallest absolute Gasteiger partial charge is 0.248 e. The van der Waals surface area contributed by atoms with E-state index in [-0.39, 0.29) is 23.3 Å². The van der Waals surface area contributed by atoms with Gasteiger partial charge in [0.25, 0.3) is 0 Å². The van der Waals surface area contributed by atoms with Gasteiger partial charge in [0, 0.05) is 23.5 Å². The molecule has 8 heteroatoms. The number of hydrogen-bond donors (Lipinski definition) is 4. The third-order valence-corrected chi connectivity index (χ3v) is 4.66. The van der Waals surface area contributed by atoms with Crippen LogP contribution in [-0.2, 0) is 9.59 Å². The maximum absolute atomic E-state index is 12.3. The van der Waals surface area contributed by atoms with Crippen molar-refractivity contribution in [2.45, 2.75) is 0 Å². The van der Waals surface area contributed by atoms with E-state index in [1.54, 1.807) is 60.7 Å². The van der Waals surface area contributed by atoms with E-state index in [1.807, 2.05) is 0 Å². The molecule has 0 aromatic heterocycles. The van der Waals surface area contributed by atoms with Crippen LogP contribution in [0.3, 0.4) is 0 Å². The van der Waals surface area contributed by atoms with E-state index in [0.29, 0.717) is 34.0 Å². The van der Waals surface area contributed by atoms with Crippen LogP contribution >= 0.6 is 0 Å². The minimum Gasteiger partial charge on any atom is -0.504 e. The molecule has 0 fully saturated rings. The van der Waals surface area contributed by atoms with Crippen LogP contribution in [0, 0.1) is 0 Å². The highest BCUT2D eigenvalue weighted by molar-refractivity contribution is 6.04. The van der Waals surface area contributed by atoms with Crippen molar-refractivity contribution in [2.75, 3.05) is 24.9 Å². The van der Waals surface area contributed by atoms with Gasteiger partial charge in [0.15, 0.2) is 23.0 Å². The van der Waals surface area contributed by atoms with Crippen molar-refractivity contribution in [3.63, 3.8) is 0 Å². The van der Waals surface area contributed by atoms with Gasteiger partial charge in [0.2, 0.25) is 11.8 Å². The summed E-state index contributed by atoms with van der Waals surface area (Å²) < 4.78 is 10.0. The Morgan fingerprint density at radius 2 is 1.26 bits per heavy atom. The van der Waals surface area contributed by atoms with Crippen LogP contribution in [0.4, 0.5) is 11.4 Å². The van der Waals surface area contributed by atoms with Crippen molar-refractivity contribution in [3.8, 4) is 23.0 Å². The molecule has 0 unspecified atom stereocenters. The second kappa shape index (κ2) is 11.2. The number of phenolic OH excluding ortho intramolecular Hbond substituents is 2. The van der Waals surface area contributed by atoms with Crippen molar-refractivity contribution in [1.29, 1.82) is 0 Å². The lowest BCUT2D eigenvalue weighted by Crippen LogP contribution is -2.10. The van der Waals surface area contributed by atoms with Gasteiger partial charge in [-0.3, -0.25) is 9.59 Å². The molecule has 0 bridgehead atoms. The first kappa shape index (κ1) is 23.9. The summed E-state index contributed by atoms with van der Waals surface area (Å²) >= 11 is 0. The van der Waals surface area contributed by atoms with Crippen LogP contribution < -0.4 is 20.1 Å². The molecule has 0 heterocycles. The molecule has 3 rings (SSSR count). The summed E-state index contributed by atoms with van der Waals surface area (Å²) in [5, 5.41) is 24.9. The first-order valence-electron chi connectivity index (χ1n) is 10.2. The Bertz CT molecular complexity index is 1250. The summed E-state index contributed by atoms with van der Waals surface area (Å²) in [5.41, 5.74) is 2.31. The Morgan fingerprint density at radius 3 is 1.82 bits per heavy atom. The molecule has 3 aromatic rings. The molecule has 0 saturated heterocycles. The van der Waals surface area contributed by atoms with Crippen LogP contribution in [0.15, 0.2) is 72.8 Å². The zero-order valence-electron chi connectivity index (χ0n) is 18.6. The Labute approximate surface area is 196 Å². The number of aromatic hydroxyl groups is 2. The number of amides is 2. The lowest BCUT2D eigenvalue weighted by Gasteiger charge is -2.07. The number of rotatable bonds is 8. The fraction of sp³-hybridized carbons (Fsp3) is 0.0769. The van der Waals surface area contributed by atoms with Gasteiger partial charge in [-0.25, -0.2) is 0 Å². The number of carbonyl (C=O) groups excluding carboxylic acids is 2. The molecule has 0 aliphatic heterocycles. The number of hydrogen-bond acceptors (Lipinski definition) is 6. The minimum atomic E-state index is -0.375. The summed E-state index contributed by atoms with van der Waals surface area (Å²) in [7, 11) is 2.90. The Kier molecular flexibility index (Phi) is 7.91. The zero-order chi connectivity index (χ0) is 24.5. The van der Waals surface area contributed by atoms with Crippen molar-refractivity contribution in [1.82, 2.24) is 0 Å². The van der Waals surface area contributed by atoms with Crippen molar-refractivity contribution in [2.24, 2.45) is 0 Å². The van der Waals surface area contributed by atoms with Gasteiger partial charge in [0.1, 0.15) is 0 Å². The highest BCUT2D eigenvalue weighted by Gasteiger charge is 2.05. The first-order chi connectivity index (χ1) is 16.4. The molecule has 4 N–H and O–H groups in total. The second-order valence-corrected chi connectivity index (χ2v) is 7.09. The van der Waals surface area contributed by atoms with Gasteiger partial charge >= 0.3 is 0 Å². The van der Waals surface area contributed by atoms with Gasteiger partial charge in [-0.2, -0.15) is 0 Å². The Morgan fingerprint density at radius 1 is 0.706 bits per heavy atom. The predicted molar refractivity (Wildman–Crippen MR) is 131 cm³/mol. The largest absolute Gasteiger partial charge is 0.504 e. The number of carbonyl (C=O) groups is 2. The molecular weight excluding hydrogens is 436 g/mol. The van der Waals surface area contributed by atoms with E-state index in [1.165, 1.54) is 38.5 Å². The molecule has 0 aliphatic rings. The molecule has 0 atom stereocenters. The number of anilines is 2. The monoisotopic (exact) mass is 460 g/mol. The normalized spacial score (nSPS) is 10.9. The summed E-state index contributed by atoms with van der Waals surface area (Å²) in [6, 6.07) is 16.3. The summed E-state index contributed by atoms with van der Waals surface area (Å²) in [4.78, 5) is 24.5. The second-order valence-electron chi connectivity index (χ2n) is 7.09. The fourth-order valence-electron chi connectivity index (χ4n) is 2.99. The maximum atomic E-state index is 12.3. The van der Waals surface area contributed by atoms with E-state index < -0.39 is 0 Å². The van der Waals surface area contributed by atoms with Crippen LogP contribution in [0.25, 0.3) is 12.2 Å². The van der Waals surface area contributed by atoms with Gasteiger partial charge in [-0.1, -0.05) is 18.2 Å². The lowest BCUT2D eigenvalue weighted by atomic mass is 10.2. The van der Waals surface area contributed by atoms with Gasteiger partial charge in [-0.05, 0) is 65.7 Å². The molecule has 174 valence electrons. The van der Waals surface area contributed by atoms with E-state index >= 15 is 0 Å². The van der Waals surface area contributed by atoms with Gasteiger partial charge in [-0.15, -0.1) is 0 Å².